The highest BCUT2D eigenvalue weighted by molar-refractivity contribution is 6.20. The minimum Gasteiger partial charge on any atom is -0.475 e. The largest absolute Gasteiger partial charge is 0.475 e. The molecule has 2 N–H and O–H groups in total. The topological polar surface area (TPSA) is 93.1 Å². The molecule has 1 atom stereocenters. The van der Waals surface area contributed by atoms with Crippen LogP contribution in [0.2, 0.25) is 0 Å². The molecular weight excluding hydrogens is 324 g/mol. The molecule has 6 nitrogen and oxygen atoms in total. The summed E-state index contributed by atoms with van der Waals surface area (Å²) in [6, 6.07) is 1.65. The van der Waals surface area contributed by atoms with E-state index in [-0.39, 0.29) is 16.9 Å². The lowest BCUT2D eigenvalue weighted by molar-refractivity contribution is -0.194. The molecule has 0 radical (unpaired) electrons. The van der Waals surface area contributed by atoms with Crippen LogP contribution in [0.4, 0.5) is 0 Å². The van der Waals surface area contributed by atoms with Crippen LogP contribution < -0.4 is 9.47 Å². The number of carboxylic acid groups (broad SMARTS) is 2. The lowest BCUT2D eigenvalue weighted by atomic mass is 9.93. The maximum atomic E-state index is 11.4. The molecule has 0 aliphatic carbocycles. The van der Waals surface area contributed by atoms with Crippen molar-refractivity contribution in [3.8, 4) is 11.5 Å². The van der Waals surface area contributed by atoms with Crippen LogP contribution in [-0.2, 0) is 28.9 Å². The van der Waals surface area contributed by atoms with Gasteiger partial charge in [0.1, 0.15) is 0 Å². The summed E-state index contributed by atoms with van der Waals surface area (Å²) < 4.78 is 10.5. The van der Waals surface area contributed by atoms with E-state index in [4.69, 9.17) is 21.1 Å². The van der Waals surface area contributed by atoms with Gasteiger partial charge in [-0.1, -0.05) is 13.8 Å². The van der Waals surface area contributed by atoms with Crippen molar-refractivity contribution < 1.29 is 29.3 Å². The number of halogens is 1. The minimum atomic E-state index is -2.73. The van der Waals surface area contributed by atoms with E-state index >= 15 is 0 Å². The van der Waals surface area contributed by atoms with E-state index in [9.17, 15) is 19.8 Å². The molecule has 0 unspecified atom stereocenters. The van der Waals surface area contributed by atoms with Crippen LogP contribution in [0, 0.1) is 0 Å². The van der Waals surface area contributed by atoms with Crippen LogP contribution >= 0.6 is 11.6 Å². The quantitative estimate of drug-likeness (QED) is 0.609. The van der Waals surface area contributed by atoms with Gasteiger partial charge in [-0.2, -0.15) is 0 Å². The Morgan fingerprint density at radius 1 is 1.17 bits per heavy atom. The SMILES string of the molecule is CCc1cc2c(c(CC)c1C[C@@H](C)Cl)OC(C(=O)O)(C(=O)O)O2. The van der Waals surface area contributed by atoms with Gasteiger partial charge in [-0.3, -0.25) is 0 Å². The Bertz CT molecular complexity index is 638. The molecular formula is C16H19ClO6. The van der Waals surface area contributed by atoms with Crippen molar-refractivity contribution >= 4 is 23.5 Å². The minimum absolute atomic E-state index is 0.116. The number of rotatable bonds is 6. The molecule has 1 aromatic rings. The second-order valence-electron chi connectivity index (χ2n) is 5.44. The van der Waals surface area contributed by atoms with Crippen molar-refractivity contribution in [2.45, 2.75) is 51.2 Å². The molecule has 0 spiro atoms. The van der Waals surface area contributed by atoms with Crippen molar-refractivity contribution in [1.82, 2.24) is 0 Å². The summed E-state index contributed by atoms with van der Waals surface area (Å²) in [5.74, 6) is -5.80. The Balaban J connectivity index is 2.63. The molecule has 7 heteroatoms. The number of alkyl halides is 1. The standard InChI is InChI=1S/C16H19ClO6/c1-4-9-7-12-13(10(5-2)11(9)6-8(3)17)23-16(22-12,14(18)19)15(20)21/h7-8H,4-6H2,1-3H3,(H,18,19)(H,20,21)/t8-/m1/s1. The van der Waals surface area contributed by atoms with Gasteiger partial charge in [0.2, 0.25) is 0 Å². The van der Waals surface area contributed by atoms with Gasteiger partial charge in [0, 0.05) is 10.9 Å². The molecule has 126 valence electrons. The third-order valence-electron chi connectivity index (χ3n) is 3.84. The highest BCUT2D eigenvalue weighted by Gasteiger charge is 2.58. The molecule has 1 aliphatic heterocycles. The van der Waals surface area contributed by atoms with Gasteiger partial charge >= 0.3 is 17.7 Å². The lowest BCUT2D eigenvalue weighted by Gasteiger charge is -2.18. The molecule has 1 aliphatic rings. The second-order valence-corrected chi connectivity index (χ2v) is 6.19. The summed E-state index contributed by atoms with van der Waals surface area (Å²) in [4.78, 5) is 22.8. The molecule has 0 fully saturated rings. The Kier molecular flexibility index (Phi) is 4.75. The molecule has 0 amide bonds. The van der Waals surface area contributed by atoms with E-state index in [0.29, 0.717) is 19.3 Å². The number of fused-ring (bicyclic) bond motifs is 1. The van der Waals surface area contributed by atoms with Crippen LogP contribution in [0.3, 0.4) is 0 Å². The number of hydrogen-bond acceptors (Lipinski definition) is 4. The molecule has 1 heterocycles. The lowest BCUT2D eigenvalue weighted by Crippen LogP contribution is -2.54. The zero-order valence-electron chi connectivity index (χ0n) is 13.2. The smallest absolute Gasteiger partial charge is 0.453 e. The highest BCUT2D eigenvalue weighted by Crippen LogP contribution is 2.46. The van der Waals surface area contributed by atoms with Crippen molar-refractivity contribution in [3.05, 3.63) is 22.8 Å². The predicted molar refractivity (Wildman–Crippen MR) is 83.5 cm³/mol. The first-order valence-corrected chi connectivity index (χ1v) is 7.86. The summed E-state index contributed by atoms with van der Waals surface area (Å²) in [5, 5.41) is 18.4. The zero-order chi connectivity index (χ0) is 17.4. The number of carboxylic acids is 2. The Labute approximate surface area is 139 Å². The van der Waals surface area contributed by atoms with Crippen molar-refractivity contribution in [3.63, 3.8) is 0 Å². The maximum absolute atomic E-state index is 11.4. The van der Waals surface area contributed by atoms with Crippen molar-refractivity contribution in [1.29, 1.82) is 0 Å². The molecule has 0 bridgehead atoms. The van der Waals surface area contributed by atoms with Gasteiger partial charge in [-0.25, -0.2) is 9.59 Å². The summed E-state index contributed by atoms with van der Waals surface area (Å²) in [6.07, 6.45) is 1.82. The average Bonchev–Trinajstić information content (AvgIpc) is 2.86. The van der Waals surface area contributed by atoms with E-state index < -0.39 is 17.7 Å². The predicted octanol–water partition coefficient (Wildman–Crippen LogP) is 2.62. The summed E-state index contributed by atoms with van der Waals surface area (Å²) in [7, 11) is 0. The van der Waals surface area contributed by atoms with Crippen LogP contribution in [0.1, 0.15) is 37.5 Å². The first-order valence-electron chi connectivity index (χ1n) is 7.43. The van der Waals surface area contributed by atoms with Gasteiger partial charge < -0.3 is 19.7 Å². The van der Waals surface area contributed by atoms with Crippen molar-refractivity contribution in [2.24, 2.45) is 0 Å². The average molecular weight is 343 g/mol. The number of aryl methyl sites for hydroxylation is 1. The van der Waals surface area contributed by atoms with Crippen LogP contribution in [0.25, 0.3) is 0 Å². The van der Waals surface area contributed by atoms with Crippen LogP contribution in [-0.4, -0.2) is 33.3 Å². The summed E-state index contributed by atoms with van der Waals surface area (Å²) in [5.41, 5.74) is 2.66. The maximum Gasteiger partial charge on any atom is 0.453 e. The van der Waals surface area contributed by atoms with Gasteiger partial charge in [-0.15, -0.1) is 11.6 Å². The first kappa shape index (κ1) is 17.4. The molecule has 1 aromatic carbocycles. The van der Waals surface area contributed by atoms with Gasteiger partial charge in [0.25, 0.3) is 0 Å². The molecule has 23 heavy (non-hydrogen) atoms. The van der Waals surface area contributed by atoms with Gasteiger partial charge in [0.05, 0.1) is 0 Å². The number of benzene rings is 1. The Hall–Kier alpha value is -1.95. The third-order valence-corrected chi connectivity index (χ3v) is 3.99. The van der Waals surface area contributed by atoms with E-state index in [0.717, 1.165) is 16.7 Å². The van der Waals surface area contributed by atoms with Gasteiger partial charge in [0.15, 0.2) is 11.5 Å². The molecule has 0 aromatic heterocycles. The highest BCUT2D eigenvalue weighted by atomic mass is 35.5. The Morgan fingerprint density at radius 2 is 1.78 bits per heavy atom. The van der Waals surface area contributed by atoms with Crippen LogP contribution in [0.15, 0.2) is 6.07 Å². The number of aliphatic carboxylic acids is 2. The Morgan fingerprint density at radius 3 is 2.22 bits per heavy atom. The van der Waals surface area contributed by atoms with E-state index in [1.54, 1.807) is 6.07 Å². The second kappa shape index (κ2) is 6.28. The zero-order valence-corrected chi connectivity index (χ0v) is 13.9. The van der Waals surface area contributed by atoms with E-state index in [1.165, 1.54) is 0 Å². The first-order chi connectivity index (χ1) is 10.8. The molecule has 2 rings (SSSR count). The summed E-state index contributed by atoms with van der Waals surface area (Å²) >= 11 is 6.12. The molecule has 0 saturated heterocycles. The number of ether oxygens (including phenoxy) is 2. The fourth-order valence-electron chi connectivity index (χ4n) is 2.79. The fraction of sp³-hybridized carbons (Fsp3) is 0.500. The van der Waals surface area contributed by atoms with Crippen molar-refractivity contribution in [2.75, 3.05) is 0 Å². The normalized spacial score (nSPS) is 16.2. The molecule has 0 saturated carbocycles. The summed E-state index contributed by atoms with van der Waals surface area (Å²) in [6.45, 7) is 5.72. The monoisotopic (exact) mass is 342 g/mol. The van der Waals surface area contributed by atoms with Gasteiger partial charge in [-0.05, 0) is 43.4 Å². The van der Waals surface area contributed by atoms with Crippen LogP contribution in [0.5, 0.6) is 11.5 Å². The number of carbonyl (C=O) groups is 2. The number of hydrogen-bond donors (Lipinski definition) is 2. The fourth-order valence-corrected chi connectivity index (χ4v) is 2.94. The van der Waals surface area contributed by atoms with E-state index in [2.05, 4.69) is 0 Å². The third kappa shape index (κ3) is 2.83. The van der Waals surface area contributed by atoms with E-state index in [1.807, 2.05) is 20.8 Å².